The molecule has 7 nitrogen and oxygen atoms in total. The predicted molar refractivity (Wildman–Crippen MR) is 48.0 cm³/mol. The molecule has 0 radical (unpaired) electrons. The molecule has 0 fully saturated rings. The highest BCUT2D eigenvalue weighted by Gasteiger charge is 2.16. The lowest BCUT2D eigenvalue weighted by molar-refractivity contribution is -0.392. The van der Waals surface area contributed by atoms with Crippen LogP contribution in [0.5, 0.6) is 0 Å². The summed E-state index contributed by atoms with van der Waals surface area (Å²) < 4.78 is 4.38. The molecule has 14 heavy (non-hydrogen) atoms. The van der Waals surface area contributed by atoms with Crippen molar-refractivity contribution in [1.82, 2.24) is 9.97 Å². The fourth-order valence-electron chi connectivity index (χ4n) is 0.698. The summed E-state index contributed by atoms with van der Waals surface area (Å²) in [5.74, 6) is -0.659. The minimum Gasteiger partial charge on any atom is -0.468 e. The molecule has 1 N–H and O–H groups in total. The highest BCUT2D eigenvalue weighted by Crippen LogP contribution is 2.24. The van der Waals surface area contributed by atoms with E-state index in [0.717, 1.165) is 11.8 Å². The summed E-state index contributed by atoms with van der Waals surface area (Å²) in [7, 11) is 1.25. The third-order valence-corrected chi connectivity index (χ3v) is 2.27. The molecule has 0 saturated heterocycles. The molecule has 8 heteroatoms. The lowest BCUT2D eigenvalue weighted by Gasteiger charge is -1.96. The van der Waals surface area contributed by atoms with E-state index in [0.29, 0.717) is 0 Å². The summed E-state index contributed by atoms with van der Waals surface area (Å²) in [6.07, 6.45) is 1.21. The first-order valence-electron chi connectivity index (χ1n) is 3.52. The van der Waals surface area contributed by atoms with Gasteiger partial charge in [0.05, 0.1) is 12.9 Å². The van der Waals surface area contributed by atoms with E-state index in [9.17, 15) is 14.9 Å². The highest BCUT2D eigenvalue weighted by molar-refractivity contribution is 8.00. The molecule has 0 aliphatic carbocycles. The number of nitro groups is 1. The van der Waals surface area contributed by atoms with Crippen LogP contribution in [0.25, 0.3) is 0 Å². The van der Waals surface area contributed by atoms with Gasteiger partial charge in [0.2, 0.25) is 0 Å². The molecule has 0 aliphatic heterocycles. The number of ether oxygens (including phenoxy) is 1. The van der Waals surface area contributed by atoms with E-state index >= 15 is 0 Å². The van der Waals surface area contributed by atoms with Gasteiger partial charge in [-0.1, -0.05) is 11.8 Å². The maximum atomic E-state index is 10.7. The predicted octanol–water partition coefficient (Wildman–Crippen LogP) is 0.583. The average molecular weight is 217 g/mol. The van der Waals surface area contributed by atoms with Gasteiger partial charge in [0.15, 0.2) is 11.4 Å². The van der Waals surface area contributed by atoms with Gasteiger partial charge in [-0.15, -0.1) is 0 Å². The third-order valence-electron chi connectivity index (χ3n) is 1.32. The molecule has 1 aromatic heterocycles. The topological polar surface area (TPSA) is 98.1 Å². The monoisotopic (exact) mass is 217 g/mol. The van der Waals surface area contributed by atoms with Crippen LogP contribution in [0, 0.1) is 10.1 Å². The number of hydrogen-bond donors (Lipinski definition) is 1. The van der Waals surface area contributed by atoms with E-state index in [1.807, 2.05) is 0 Å². The Labute approximate surface area is 83.0 Å². The number of methoxy groups -OCH3 is 1. The van der Waals surface area contributed by atoms with E-state index in [4.69, 9.17) is 0 Å². The van der Waals surface area contributed by atoms with Crippen LogP contribution in [0.1, 0.15) is 0 Å². The number of nitrogens with one attached hydrogen (secondary N) is 1. The van der Waals surface area contributed by atoms with Gasteiger partial charge in [-0.3, -0.25) is 4.79 Å². The minimum absolute atomic E-state index is 0.00218. The Morgan fingerprint density at radius 3 is 3.14 bits per heavy atom. The second-order valence-corrected chi connectivity index (χ2v) is 3.14. The van der Waals surface area contributed by atoms with Crippen molar-refractivity contribution >= 4 is 23.5 Å². The van der Waals surface area contributed by atoms with E-state index in [2.05, 4.69) is 14.7 Å². The number of H-pyrrole nitrogens is 1. The number of aromatic amines is 1. The molecule has 0 saturated carbocycles. The molecule has 0 bridgehead atoms. The van der Waals surface area contributed by atoms with Crippen LogP contribution in [0.2, 0.25) is 0 Å². The van der Waals surface area contributed by atoms with Gasteiger partial charge in [0.1, 0.15) is 0 Å². The summed E-state index contributed by atoms with van der Waals surface area (Å²) in [4.78, 5) is 26.6. The zero-order valence-electron chi connectivity index (χ0n) is 7.22. The average Bonchev–Trinajstić information content (AvgIpc) is 2.62. The Bertz CT molecular complexity index is 351. The molecule has 0 aromatic carbocycles. The minimum atomic E-state index is -0.591. The summed E-state index contributed by atoms with van der Waals surface area (Å²) >= 11 is 0.956. The van der Waals surface area contributed by atoms with Gasteiger partial charge in [-0.25, -0.2) is 9.97 Å². The van der Waals surface area contributed by atoms with Gasteiger partial charge in [0.25, 0.3) is 0 Å². The summed E-state index contributed by atoms with van der Waals surface area (Å²) in [6, 6.07) is 0. The van der Waals surface area contributed by atoms with E-state index in [1.54, 1.807) is 0 Å². The Hall–Kier alpha value is -1.57. The van der Waals surface area contributed by atoms with Gasteiger partial charge < -0.3 is 14.9 Å². The number of imidazole rings is 1. The quantitative estimate of drug-likeness (QED) is 0.343. The highest BCUT2D eigenvalue weighted by atomic mass is 32.2. The maximum Gasteiger partial charge on any atom is 0.354 e. The SMILES string of the molecule is COC(=O)CSc1nc[nH]c1[N+](=O)[O-]. The molecule has 76 valence electrons. The van der Waals surface area contributed by atoms with Crippen LogP contribution >= 0.6 is 11.8 Å². The standard InChI is InChI=1S/C6H7N3O4S/c1-13-4(10)2-14-6-5(9(11)12)7-3-8-6/h3H,2H2,1H3,(H,7,8). The number of carbonyl (C=O) groups is 1. The van der Waals surface area contributed by atoms with Crippen molar-refractivity contribution in [3.8, 4) is 0 Å². The largest absolute Gasteiger partial charge is 0.468 e. The second-order valence-electron chi connectivity index (χ2n) is 2.18. The number of rotatable bonds is 4. The molecule has 1 heterocycles. The van der Waals surface area contributed by atoms with Gasteiger partial charge >= 0.3 is 11.8 Å². The molecule has 1 aromatic rings. The fourth-order valence-corrected chi connectivity index (χ4v) is 1.47. The number of aromatic nitrogens is 2. The third kappa shape index (κ3) is 2.46. The number of hydrogen-bond acceptors (Lipinski definition) is 6. The molecule has 0 spiro atoms. The van der Waals surface area contributed by atoms with Crippen LogP contribution in [-0.2, 0) is 9.53 Å². The fraction of sp³-hybridized carbons (Fsp3) is 0.333. The molecule has 0 amide bonds. The summed E-state index contributed by atoms with van der Waals surface area (Å²) in [6.45, 7) is 0. The van der Waals surface area contributed by atoms with Crippen LogP contribution < -0.4 is 0 Å². The number of thioether (sulfide) groups is 1. The first-order chi connectivity index (χ1) is 6.65. The van der Waals surface area contributed by atoms with Crippen LogP contribution in [-0.4, -0.2) is 33.7 Å². The lowest BCUT2D eigenvalue weighted by Crippen LogP contribution is -2.03. The van der Waals surface area contributed by atoms with E-state index in [1.165, 1.54) is 13.4 Å². The normalized spacial score (nSPS) is 9.79. The number of carbonyl (C=O) groups excluding carboxylic acids is 1. The van der Waals surface area contributed by atoms with Crippen LogP contribution in [0.3, 0.4) is 0 Å². The Balaban J connectivity index is 2.63. The second kappa shape index (κ2) is 4.61. The van der Waals surface area contributed by atoms with Gasteiger partial charge in [-0.05, 0) is 4.92 Å². The zero-order valence-corrected chi connectivity index (χ0v) is 8.04. The van der Waals surface area contributed by atoms with Crippen molar-refractivity contribution in [3.05, 3.63) is 16.4 Å². The van der Waals surface area contributed by atoms with Gasteiger partial charge in [-0.2, -0.15) is 0 Å². The number of nitrogens with zero attached hydrogens (tertiary/aromatic N) is 2. The molecule has 0 unspecified atom stereocenters. The lowest BCUT2D eigenvalue weighted by atomic mass is 10.8. The summed E-state index contributed by atoms with van der Waals surface area (Å²) in [5, 5.41) is 10.6. The van der Waals surface area contributed by atoms with Gasteiger partial charge in [0, 0.05) is 0 Å². The molecule has 1 rings (SSSR count). The smallest absolute Gasteiger partial charge is 0.354 e. The van der Waals surface area contributed by atoms with Crippen molar-refractivity contribution in [2.45, 2.75) is 5.03 Å². The first-order valence-corrected chi connectivity index (χ1v) is 4.51. The Morgan fingerprint density at radius 2 is 2.57 bits per heavy atom. The Kier molecular flexibility index (Phi) is 3.46. The Morgan fingerprint density at radius 1 is 1.86 bits per heavy atom. The maximum absolute atomic E-state index is 10.7. The molecule has 0 atom stereocenters. The van der Waals surface area contributed by atoms with Crippen molar-refractivity contribution in [2.75, 3.05) is 12.9 Å². The number of esters is 1. The van der Waals surface area contributed by atoms with Crippen LogP contribution in [0.15, 0.2) is 11.4 Å². The van der Waals surface area contributed by atoms with E-state index in [-0.39, 0.29) is 16.6 Å². The van der Waals surface area contributed by atoms with Crippen molar-refractivity contribution < 1.29 is 14.5 Å². The van der Waals surface area contributed by atoms with Crippen molar-refractivity contribution in [2.24, 2.45) is 0 Å². The molecular weight excluding hydrogens is 210 g/mol. The summed E-state index contributed by atoms with van der Waals surface area (Å²) in [5.41, 5.74) is 0. The van der Waals surface area contributed by atoms with Crippen molar-refractivity contribution in [1.29, 1.82) is 0 Å². The van der Waals surface area contributed by atoms with Crippen LogP contribution in [0.4, 0.5) is 5.82 Å². The van der Waals surface area contributed by atoms with E-state index < -0.39 is 10.9 Å². The molecular formula is C6H7N3O4S. The van der Waals surface area contributed by atoms with Crippen molar-refractivity contribution in [3.63, 3.8) is 0 Å². The zero-order chi connectivity index (χ0) is 10.6. The molecule has 0 aliphatic rings. The first kappa shape index (κ1) is 10.5.